The lowest BCUT2D eigenvalue weighted by molar-refractivity contribution is 0.0531. The number of benzene rings is 2. The predicted octanol–water partition coefficient (Wildman–Crippen LogP) is 5.29. The van der Waals surface area contributed by atoms with Crippen LogP contribution in [0.15, 0.2) is 73.1 Å². The first-order valence-electron chi connectivity index (χ1n) is 10.0. The monoisotopic (exact) mass is 418 g/mol. The fourth-order valence-corrected chi connectivity index (χ4v) is 3.55. The summed E-state index contributed by atoms with van der Waals surface area (Å²) in [6, 6.07) is 18.1. The molecular weight excluding hydrogens is 395 g/mol. The Morgan fingerprint density at radius 3 is 2.58 bits per heavy atom. The van der Waals surface area contributed by atoms with Crippen molar-refractivity contribution >= 4 is 16.9 Å². The third-order valence-electron chi connectivity index (χ3n) is 5.27. The summed E-state index contributed by atoms with van der Waals surface area (Å²) in [4.78, 5) is 16.2. The molecule has 0 aliphatic rings. The van der Waals surface area contributed by atoms with Crippen LogP contribution < -0.4 is 0 Å². The Hall–Kier alpha value is -3.51. The Morgan fingerprint density at radius 1 is 1.13 bits per heavy atom. The van der Waals surface area contributed by atoms with Crippen molar-refractivity contribution in [1.29, 1.82) is 0 Å². The number of aromatic nitrogens is 2. The van der Waals surface area contributed by atoms with Crippen molar-refractivity contribution in [2.75, 3.05) is 7.11 Å². The molecule has 0 N–H and O–H groups in total. The number of nitrogens with zero attached hydrogens (tertiary/aromatic N) is 2. The number of rotatable bonds is 7. The molecule has 0 bridgehead atoms. The molecule has 1 atom stereocenters. The van der Waals surface area contributed by atoms with Gasteiger partial charge < -0.3 is 14.0 Å². The fourth-order valence-electron chi connectivity index (χ4n) is 3.55. The van der Waals surface area contributed by atoms with Gasteiger partial charge in [-0.05, 0) is 36.2 Å². The normalized spacial score (nSPS) is 12.1. The van der Waals surface area contributed by atoms with Crippen LogP contribution in [0, 0.1) is 5.82 Å². The van der Waals surface area contributed by atoms with Crippen LogP contribution in [0.5, 0.6) is 0 Å². The lowest BCUT2D eigenvalue weighted by atomic mass is 10.1. The van der Waals surface area contributed by atoms with E-state index in [1.54, 1.807) is 24.4 Å². The zero-order chi connectivity index (χ0) is 21.8. The van der Waals surface area contributed by atoms with Crippen LogP contribution in [0.1, 0.15) is 40.2 Å². The largest absolute Gasteiger partial charge is 0.464 e. The van der Waals surface area contributed by atoms with Crippen LogP contribution in [0.2, 0.25) is 0 Å². The SMILES string of the molecule is COC(=O)c1cc2c(CO[C@H](C)c3ccccc3)cn(Cc3ccc(F)cc3)c2cn1. The molecule has 0 amide bonds. The maximum Gasteiger partial charge on any atom is 0.356 e. The number of halogens is 1. The van der Waals surface area contributed by atoms with Crippen molar-refractivity contribution in [2.45, 2.75) is 26.2 Å². The number of carbonyl (C=O) groups excluding carboxylic acids is 1. The van der Waals surface area contributed by atoms with E-state index in [9.17, 15) is 9.18 Å². The minimum atomic E-state index is -0.488. The molecule has 0 fully saturated rings. The van der Waals surface area contributed by atoms with Crippen LogP contribution in [-0.2, 0) is 22.6 Å². The zero-order valence-electron chi connectivity index (χ0n) is 17.4. The molecule has 5 nitrogen and oxygen atoms in total. The van der Waals surface area contributed by atoms with E-state index >= 15 is 0 Å². The molecule has 0 unspecified atom stereocenters. The highest BCUT2D eigenvalue weighted by molar-refractivity contribution is 5.93. The molecule has 31 heavy (non-hydrogen) atoms. The highest BCUT2D eigenvalue weighted by Crippen LogP contribution is 2.26. The van der Waals surface area contributed by atoms with E-state index in [0.29, 0.717) is 13.2 Å². The number of methoxy groups -OCH3 is 1. The average Bonchev–Trinajstić information content (AvgIpc) is 3.15. The number of hydrogen-bond acceptors (Lipinski definition) is 4. The van der Waals surface area contributed by atoms with E-state index in [4.69, 9.17) is 9.47 Å². The van der Waals surface area contributed by atoms with Gasteiger partial charge in [0.1, 0.15) is 11.5 Å². The lowest BCUT2D eigenvalue weighted by Crippen LogP contribution is -2.04. The molecule has 0 spiro atoms. The number of esters is 1. The Kier molecular flexibility index (Phi) is 6.09. The van der Waals surface area contributed by atoms with Crippen molar-refractivity contribution in [1.82, 2.24) is 9.55 Å². The van der Waals surface area contributed by atoms with Gasteiger partial charge >= 0.3 is 5.97 Å². The van der Waals surface area contributed by atoms with E-state index < -0.39 is 5.97 Å². The molecule has 2 aromatic carbocycles. The Labute approximate surface area is 180 Å². The van der Waals surface area contributed by atoms with Crippen LogP contribution in [0.4, 0.5) is 4.39 Å². The summed E-state index contributed by atoms with van der Waals surface area (Å²) in [6.45, 7) is 2.92. The third-order valence-corrected chi connectivity index (χ3v) is 5.27. The van der Waals surface area contributed by atoms with E-state index in [-0.39, 0.29) is 17.6 Å². The van der Waals surface area contributed by atoms with Crippen molar-refractivity contribution in [3.05, 3.63) is 101 Å². The molecule has 6 heteroatoms. The Bertz CT molecular complexity index is 1190. The van der Waals surface area contributed by atoms with E-state index in [1.807, 2.05) is 48.0 Å². The molecule has 2 heterocycles. The molecule has 4 rings (SSSR count). The van der Waals surface area contributed by atoms with Gasteiger partial charge in [-0.25, -0.2) is 14.2 Å². The molecular formula is C25H23FN2O3. The smallest absolute Gasteiger partial charge is 0.356 e. The number of ether oxygens (including phenoxy) is 2. The van der Waals surface area contributed by atoms with Gasteiger partial charge in [0.25, 0.3) is 0 Å². The van der Waals surface area contributed by atoms with Gasteiger partial charge in [-0.3, -0.25) is 0 Å². The van der Waals surface area contributed by atoms with Gasteiger partial charge in [0.15, 0.2) is 0 Å². The van der Waals surface area contributed by atoms with Crippen LogP contribution in [0.3, 0.4) is 0 Å². The van der Waals surface area contributed by atoms with Gasteiger partial charge in [0.2, 0.25) is 0 Å². The highest BCUT2D eigenvalue weighted by Gasteiger charge is 2.16. The van der Waals surface area contributed by atoms with Crippen molar-refractivity contribution in [3.8, 4) is 0 Å². The second kappa shape index (κ2) is 9.10. The first-order valence-corrected chi connectivity index (χ1v) is 10.0. The maximum absolute atomic E-state index is 13.3. The average molecular weight is 418 g/mol. The quantitative estimate of drug-likeness (QED) is 0.383. The van der Waals surface area contributed by atoms with Gasteiger partial charge in [0.05, 0.1) is 31.5 Å². The molecule has 0 saturated carbocycles. The van der Waals surface area contributed by atoms with Crippen molar-refractivity contribution in [3.63, 3.8) is 0 Å². The lowest BCUT2D eigenvalue weighted by Gasteiger charge is -2.13. The summed E-state index contributed by atoms with van der Waals surface area (Å²) in [5.41, 5.74) is 4.09. The molecule has 0 saturated heterocycles. The van der Waals surface area contributed by atoms with Gasteiger partial charge in [0, 0.05) is 23.7 Å². The van der Waals surface area contributed by atoms with Gasteiger partial charge in [-0.15, -0.1) is 0 Å². The number of carbonyl (C=O) groups is 1. The summed E-state index contributed by atoms with van der Waals surface area (Å²) >= 11 is 0. The number of fused-ring (bicyclic) bond motifs is 1. The third kappa shape index (κ3) is 4.64. The van der Waals surface area contributed by atoms with Gasteiger partial charge in [-0.2, -0.15) is 0 Å². The molecule has 2 aromatic heterocycles. The van der Waals surface area contributed by atoms with Crippen molar-refractivity contribution < 1.29 is 18.7 Å². The van der Waals surface area contributed by atoms with E-state index in [2.05, 4.69) is 4.98 Å². The number of pyridine rings is 1. The molecule has 0 aliphatic carbocycles. The first kappa shape index (κ1) is 20.8. The summed E-state index contributed by atoms with van der Waals surface area (Å²) in [7, 11) is 1.33. The number of hydrogen-bond donors (Lipinski definition) is 0. The second-order valence-electron chi connectivity index (χ2n) is 7.35. The van der Waals surface area contributed by atoms with E-state index in [1.165, 1.54) is 19.2 Å². The standard InChI is InChI=1S/C25H23FN2O3/c1-17(19-6-4-3-5-7-19)31-16-20-15-28(14-18-8-10-21(26)11-9-18)24-13-27-23(12-22(20)24)25(29)30-2/h3-13,15,17H,14,16H2,1-2H3/t17-/m1/s1. The summed E-state index contributed by atoms with van der Waals surface area (Å²) in [5, 5.41) is 0.873. The molecule has 0 radical (unpaired) electrons. The zero-order valence-corrected chi connectivity index (χ0v) is 17.4. The summed E-state index contributed by atoms with van der Waals surface area (Å²) in [5.74, 6) is -0.757. The summed E-state index contributed by atoms with van der Waals surface area (Å²) < 4.78 is 26.3. The molecule has 158 valence electrons. The topological polar surface area (TPSA) is 53.4 Å². The summed E-state index contributed by atoms with van der Waals surface area (Å²) in [6.07, 6.45) is 3.57. The minimum absolute atomic E-state index is 0.0846. The minimum Gasteiger partial charge on any atom is -0.464 e. The molecule has 4 aromatic rings. The Morgan fingerprint density at radius 2 is 1.87 bits per heavy atom. The Balaban J connectivity index is 1.66. The van der Waals surface area contributed by atoms with Crippen LogP contribution in [0.25, 0.3) is 10.9 Å². The van der Waals surface area contributed by atoms with Crippen molar-refractivity contribution in [2.24, 2.45) is 0 Å². The maximum atomic E-state index is 13.3. The second-order valence-corrected chi connectivity index (χ2v) is 7.35. The highest BCUT2D eigenvalue weighted by atomic mass is 19.1. The molecule has 0 aliphatic heterocycles. The van der Waals surface area contributed by atoms with Crippen LogP contribution >= 0.6 is 0 Å². The van der Waals surface area contributed by atoms with E-state index in [0.717, 1.165) is 27.6 Å². The van der Waals surface area contributed by atoms with Crippen LogP contribution in [-0.4, -0.2) is 22.6 Å². The van der Waals surface area contributed by atoms with Gasteiger partial charge in [-0.1, -0.05) is 42.5 Å². The predicted molar refractivity (Wildman–Crippen MR) is 116 cm³/mol. The fraction of sp³-hybridized carbons (Fsp3) is 0.200. The first-order chi connectivity index (χ1) is 15.0.